The molecular formula is C14H10Br2ClNO. The van der Waals surface area contributed by atoms with Crippen LogP contribution < -0.4 is 0 Å². The van der Waals surface area contributed by atoms with Crippen molar-refractivity contribution in [1.29, 1.82) is 0 Å². The monoisotopic (exact) mass is 401 g/mol. The van der Waals surface area contributed by atoms with Crippen LogP contribution in [0.1, 0.15) is 11.1 Å². The highest BCUT2D eigenvalue weighted by Gasteiger charge is 2.05. The first kappa shape index (κ1) is 14.6. The zero-order chi connectivity index (χ0) is 14.0. The lowest BCUT2D eigenvalue weighted by Gasteiger charge is -2.04. The van der Waals surface area contributed by atoms with Gasteiger partial charge < -0.3 is 5.11 Å². The topological polar surface area (TPSA) is 32.6 Å². The van der Waals surface area contributed by atoms with Gasteiger partial charge in [0.25, 0.3) is 0 Å². The number of hydrogen-bond acceptors (Lipinski definition) is 2. The first-order valence-electron chi connectivity index (χ1n) is 5.45. The van der Waals surface area contributed by atoms with Gasteiger partial charge in [-0.3, -0.25) is 4.99 Å². The molecule has 2 rings (SSSR count). The molecule has 0 atom stereocenters. The first-order valence-corrected chi connectivity index (χ1v) is 7.42. The molecule has 98 valence electrons. The molecule has 0 bridgehead atoms. The average molecular weight is 404 g/mol. The fraction of sp³-hybridized carbons (Fsp3) is 0.0714. The van der Waals surface area contributed by atoms with E-state index >= 15 is 0 Å². The fourth-order valence-electron chi connectivity index (χ4n) is 1.55. The minimum absolute atomic E-state index is 0.159. The van der Waals surface area contributed by atoms with Crippen LogP contribution in [-0.4, -0.2) is 11.3 Å². The summed E-state index contributed by atoms with van der Waals surface area (Å²) in [5.74, 6) is 0.159. The lowest BCUT2D eigenvalue weighted by Crippen LogP contribution is -1.85. The van der Waals surface area contributed by atoms with Gasteiger partial charge in [-0.1, -0.05) is 33.6 Å². The van der Waals surface area contributed by atoms with Gasteiger partial charge in [0, 0.05) is 21.3 Å². The lowest BCUT2D eigenvalue weighted by molar-refractivity contribution is 0.471. The quantitative estimate of drug-likeness (QED) is 0.648. The van der Waals surface area contributed by atoms with E-state index < -0.39 is 0 Å². The molecule has 0 saturated heterocycles. The van der Waals surface area contributed by atoms with Crippen molar-refractivity contribution >= 4 is 55.4 Å². The molecule has 0 saturated carbocycles. The second-order valence-corrected chi connectivity index (χ2v) is 6.22. The van der Waals surface area contributed by atoms with Crippen molar-refractivity contribution in [2.75, 3.05) is 0 Å². The van der Waals surface area contributed by atoms with Crippen LogP contribution in [-0.2, 0) is 0 Å². The molecule has 0 aliphatic heterocycles. The van der Waals surface area contributed by atoms with Gasteiger partial charge in [0.15, 0.2) is 0 Å². The summed E-state index contributed by atoms with van der Waals surface area (Å²) in [6.45, 7) is 1.96. The summed E-state index contributed by atoms with van der Waals surface area (Å²) in [7, 11) is 0. The average Bonchev–Trinajstić information content (AvgIpc) is 2.35. The van der Waals surface area contributed by atoms with Crippen LogP contribution in [0.5, 0.6) is 5.75 Å². The lowest BCUT2D eigenvalue weighted by atomic mass is 10.2. The van der Waals surface area contributed by atoms with Crippen molar-refractivity contribution in [1.82, 2.24) is 0 Å². The summed E-state index contributed by atoms with van der Waals surface area (Å²) in [5, 5.41) is 10.6. The molecule has 0 fully saturated rings. The Morgan fingerprint density at radius 3 is 2.68 bits per heavy atom. The largest absolute Gasteiger partial charge is 0.506 e. The Hall–Kier alpha value is -0.840. The van der Waals surface area contributed by atoms with Gasteiger partial charge in [0.05, 0.1) is 10.2 Å². The standard InChI is InChI=1S/C14H10Br2ClNO/c1-8-2-3-11(17)6-13(8)18-7-9-4-10(15)5-12(16)14(9)19/h2-7,19H,1H3. The van der Waals surface area contributed by atoms with E-state index in [4.69, 9.17) is 11.6 Å². The summed E-state index contributed by atoms with van der Waals surface area (Å²) < 4.78 is 1.48. The van der Waals surface area contributed by atoms with Gasteiger partial charge in [-0.2, -0.15) is 0 Å². The molecule has 1 N–H and O–H groups in total. The number of aliphatic imine (C=N–C) groups is 1. The highest BCUT2D eigenvalue weighted by molar-refractivity contribution is 9.11. The number of halogens is 3. The molecule has 0 heterocycles. The number of phenolic OH excluding ortho intramolecular Hbond substituents is 1. The SMILES string of the molecule is Cc1ccc(Cl)cc1N=Cc1cc(Br)cc(Br)c1O. The van der Waals surface area contributed by atoms with E-state index in [1.807, 2.05) is 19.1 Å². The molecule has 5 heteroatoms. The molecule has 0 radical (unpaired) electrons. The van der Waals surface area contributed by atoms with E-state index in [0.717, 1.165) is 15.7 Å². The second-order valence-electron chi connectivity index (χ2n) is 4.01. The van der Waals surface area contributed by atoms with Crippen molar-refractivity contribution in [2.24, 2.45) is 4.99 Å². The highest BCUT2D eigenvalue weighted by atomic mass is 79.9. The number of rotatable bonds is 2. The number of hydrogen-bond donors (Lipinski definition) is 1. The van der Waals surface area contributed by atoms with Gasteiger partial charge in [0.1, 0.15) is 5.75 Å². The third-order valence-electron chi connectivity index (χ3n) is 2.57. The maximum Gasteiger partial charge on any atom is 0.138 e. The van der Waals surface area contributed by atoms with Crippen molar-refractivity contribution in [3.05, 3.63) is 55.4 Å². The Kier molecular flexibility index (Phi) is 4.66. The van der Waals surface area contributed by atoms with Crippen molar-refractivity contribution in [2.45, 2.75) is 6.92 Å². The molecule has 2 aromatic carbocycles. The van der Waals surface area contributed by atoms with Crippen LogP contribution in [0.4, 0.5) is 5.69 Å². The number of aryl methyl sites for hydroxylation is 1. The Morgan fingerprint density at radius 2 is 1.95 bits per heavy atom. The second kappa shape index (κ2) is 6.07. The smallest absolute Gasteiger partial charge is 0.138 e. The normalized spacial score (nSPS) is 11.2. The fourth-order valence-corrected chi connectivity index (χ4v) is 2.97. The van der Waals surface area contributed by atoms with Gasteiger partial charge in [0.2, 0.25) is 0 Å². The molecule has 0 aliphatic rings. The third kappa shape index (κ3) is 3.59. The number of nitrogens with zero attached hydrogens (tertiary/aromatic N) is 1. The van der Waals surface area contributed by atoms with Crippen molar-refractivity contribution < 1.29 is 5.11 Å². The Morgan fingerprint density at radius 1 is 1.21 bits per heavy atom. The van der Waals surface area contributed by atoms with Crippen molar-refractivity contribution in [3.8, 4) is 5.75 Å². The highest BCUT2D eigenvalue weighted by Crippen LogP contribution is 2.31. The van der Waals surface area contributed by atoms with Crippen LogP contribution in [0.2, 0.25) is 5.02 Å². The molecule has 19 heavy (non-hydrogen) atoms. The molecule has 0 aromatic heterocycles. The van der Waals surface area contributed by atoms with Crippen LogP contribution >= 0.6 is 43.5 Å². The van der Waals surface area contributed by atoms with Crippen LogP contribution in [0.25, 0.3) is 0 Å². The summed E-state index contributed by atoms with van der Waals surface area (Å²) in [6, 6.07) is 9.09. The van der Waals surface area contributed by atoms with E-state index in [0.29, 0.717) is 15.1 Å². The minimum atomic E-state index is 0.159. The summed E-state index contributed by atoms with van der Waals surface area (Å²) in [5.41, 5.74) is 2.43. The maximum absolute atomic E-state index is 9.94. The van der Waals surface area contributed by atoms with E-state index in [2.05, 4.69) is 36.9 Å². The molecular weight excluding hydrogens is 393 g/mol. The first-order chi connectivity index (χ1) is 8.97. The summed E-state index contributed by atoms with van der Waals surface area (Å²) in [6.07, 6.45) is 1.61. The number of benzene rings is 2. The molecule has 0 amide bonds. The van der Waals surface area contributed by atoms with Crippen molar-refractivity contribution in [3.63, 3.8) is 0 Å². The Labute approximate surface area is 133 Å². The molecule has 0 unspecified atom stereocenters. The van der Waals surface area contributed by atoms with Gasteiger partial charge in [-0.05, 0) is 52.7 Å². The van der Waals surface area contributed by atoms with Gasteiger partial charge in [-0.25, -0.2) is 0 Å². The minimum Gasteiger partial charge on any atom is -0.506 e. The molecule has 2 aromatic rings. The molecule has 0 spiro atoms. The molecule has 0 aliphatic carbocycles. The Bertz CT molecular complexity index is 656. The predicted molar refractivity (Wildman–Crippen MR) is 86.9 cm³/mol. The van der Waals surface area contributed by atoms with E-state index in [-0.39, 0.29) is 5.75 Å². The van der Waals surface area contributed by atoms with Crippen LogP contribution in [0, 0.1) is 6.92 Å². The summed E-state index contributed by atoms with van der Waals surface area (Å²) in [4.78, 5) is 4.37. The van der Waals surface area contributed by atoms with Gasteiger partial charge >= 0.3 is 0 Å². The maximum atomic E-state index is 9.94. The summed E-state index contributed by atoms with van der Waals surface area (Å²) >= 11 is 12.6. The third-order valence-corrected chi connectivity index (χ3v) is 3.87. The molecule has 2 nitrogen and oxygen atoms in total. The van der Waals surface area contributed by atoms with E-state index in [1.165, 1.54) is 0 Å². The van der Waals surface area contributed by atoms with E-state index in [1.54, 1.807) is 24.4 Å². The predicted octanol–water partition coefficient (Wildman–Crippen LogP) is 5.63. The number of aromatic hydroxyl groups is 1. The zero-order valence-electron chi connectivity index (χ0n) is 9.99. The van der Waals surface area contributed by atoms with Crippen LogP contribution in [0.3, 0.4) is 0 Å². The Balaban J connectivity index is 2.40. The number of phenols is 1. The van der Waals surface area contributed by atoms with Gasteiger partial charge in [-0.15, -0.1) is 0 Å². The van der Waals surface area contributed by atoms with E-state index in [9.17, 15) is 5.11 Å². The zero-order valence-corrected chi connectivity index (χ0v) is 13.9. The van der Waals surface area contributed by atoms with Crippen LogP contribution in [0.15, 0.2) is 44.3 Å².